The molecule has 0 atom stereocenters. The van der Waals surface area contributed by atoms with Crippen molar-refractivity contribution in [3.05, 3.63) is 29.8 Å². The summed E-state index contributed by atoms with van der Waals surface area (Å²) in [6.45, 7) is 7.58. The summed E-state index contributed by atoms with van der Waals surface area (Å²) < 4.78 is 52.8. The van der Waals surface area contributed by atoms with Gasteiger partial charge in [-0.05, 0) is 39.3 Å². The van der Waals surface area contributed by atoms with Crippen molar-refractivity contribution >= 4 is 7.12 Å². The van der Waals surface area contributed by atoms with Crippen molar-refractivity contribution < 1.29 is 27.2 Å². The highest BCUT2D eigenvalue weighted by atomic mass is 19.4. The van der Waals surface area contributed by atoms with Crippen LogP contribution in [0.15, 0.2) is 24.3 Å². The van der Waals surface area contributed by atoms with E-state index in [9.17, 15) is 13.2 Å². The average molecular weight is 302 g/mol. The molecule has 21 heavy (non-hydrogen) atoms. The van der Waals surface area contributed by atoms with Gasteiger partial charge in [0.05, 0.1) is 11.2 Å². The standard InChI is InChI=1S/C14H18BF3O3/c1-12(2)13(3,4)21-15(20-12)9-10-7-5-6-8-11(10)19-14(16,17)18/h5-8H,9H2,1-4H3. The van der Waals surface area contributed by atoms with Crippen LogP contribution in [0.3, 0.4) is 0 Å². The molecule has 0 unspecified atom stereocenters. The van der Waals surface area contributed by atoms with Crippen LogP contribution < -0.4 is 4.74 Å². The van der Waals surface area contributed by atoms with E-state index in [1.807, 2.05) is 27.7 Å². The monoisotopic (exact) mass is 302 g/mol. The second-order valence-electron chi connectivity index (χ2n) is 6.05. The Hall–Kier alpha value is -1.21. The van der Waals surface area contributed by atoms with Gasteiger partial charge in [0.25, 0.3) is 0 Å². The number of hydrogen-bond acceptors (Lipinski definition) is 3. The lowest BCUT2D eigenvalue weighted by Gasteiger charge is -2.32. The van der Waals surface area contributed by atoms with E-state index >= 15 is 0 Å². The fourth-order valence-electron chi connectivity index (χ4n) is 2.12. The maximum Gasteiger partial charge on any atom is 0.573 e. The number of halogens is 3. The van der Waals surface area contributed by atoms with E-state index in [1.54, 1.807) is 12.1 Å². The quantitative estimate of drug-likeness (QED) is 0.796. The highest BCUT2D eigenvalue weighted by molar-refractivity contribution is 6.45. The molecule has 1 aromatic carbocycles. The summed E-state index contributed by atoms with van der Waals surface area (Å²) in [5.41, 5.74) is -0.636. The van der Waals surface area contributed by atoms with Gasteiger partial charge in [0.1, 0.15) is 5.75 Å². The molecule has 1 fully saturated rings. The fraction of sp³-hybridized carbons (Fsp3) is 0.571. The van der Waals surface area contributed by atoms with Gasteiger partial charge in [-0.1, -0.05) is 18.2 Å². The van der Waals surface area contributed by atoms with Crippen molar-refractivity contribution in [2.75, 3.05) is 0 Å². The minimum absolute atomic E-state index is 0.194. The molecule has 1 aromatic rings. The topological polar surface area (TPSA) is 27.7 Å². The van der Waals surface area contributed by atoms with E-state index in [4.69, 9.17) is 9.31 Å². The first kappa shape index (κ1) is 16.2. The van der Waals surface area contributed by atoms with Crippen LogP contribution in [0.5, 0.6) is 5.75 Å². The number of para-hydroxylation sites is 1. The molecule has 0 spiro atoms. The summed E-state index contributed by atoms with van der Waals surface area (Å²) in [7, 11) is -0.604. The average Bonchev–Trinajstić information content (AvgIpc) is 2.48. The molecule has 0 aromatic heterocycles. The van der Waals surface area contributed by atoms with Gasteiger partial charge in [0, 0.05) is 6.32 Å². The SMILES string of the molecule is CC1(C)OB(Cc2ccccc2OC(F)(F)F)OC1(C)C. The van der Waals surface area contributed by atoms with Gasteiger partial charge in [0.2, 0.25) is 0 Å². The Bertz CT molecular complexity index is 498. The normalized spacial score (nSPS) is 20.6. The van der Waals surface area contributed by atoms with Gasteiger partial charge in [-0.3, -0.25) is 0 Å². The molecule has 0 aliphatic carbocycles. The van der Waals surface area contributed by atoms with E-state index in [0.717, 1.165) is 0 Å². The number of alkyl halides is 3. The lowest BCUT2D eigenvalue weighted by Crippen LogP contribution is -2.41. The van der Waals surface area contributed by atoms with Gasteiger partial charge >= 0.3 is 13.5 Å². The van der Waals surface area contributed by atoms with E-state index < -0.39 is 24.7 Å². The zero-order valence-corrected chi connectivity index (χ0v) is 12.5. The third-order valence-electron chi connectivity index (χ3n) is 3.89. The highest BCUT2D eigenvalue weighted by Crippen LogP contribution is 2.38. The van der Waals surface area contributed by atoms with Crippen molar-refractivity contribution in [3.8, 4) is 5.75 Å². The lowest BCUT2D eigenvalue weighted by atomic mass is 9.80. The Labute approximate surface area is 122 Å². The summed E-state index contributed by atoms with van der Waals surface area (Å²) in [5.74, 6) is -0.222. The first-order valence-corrected chi connectivity index (χ1v) is 6.69. The van der Waals surface area contributed by atoms with Crippen molar-refractivity contribution in [1.82, 2.24) is 0 Å². The Morgan fingerprint density at radius 1 is 1.05 bits per heavy atom. The summed E-state index contributed by atoms with van der Waals surface area (Å²) in [6.07, 6.45) is -4.52. The Kier molecular flexibility index (Phi) is 4.01. The van der Waals surface area contributed by atoms with Crippen molar-refractivity contribution in [1.29, 1.82) is 0 Å². The van der Waals surface area contributed by atoms with Crippen LogP contribution in [0.2, 0.25) is 0 Å². The van der Waals surface area contributed by atoms with Crippen LogP contribution in [0.1, 0.15) is 33.3 Å². The molecular formula is C14H18BF3O3. The predicted octanol–water partition coefficient (Wildman–Crippen LogP) is 3.76. The van der Waals surface area contributed by atoms with Gasteiger partial charge < -0.3 is 14.0 Å². The number of benzene rings is 1. The second-order valence-corrected chi connectivity index (χ2v) is 6.05. The maximum atomic E-state index is 12.4. The minimum atomic E-state index is -4.72. The zero-order valence-electron chi connectivity index (χ0n) is 12.5. The summed E-state index contributed by atoms with van der Waals surface area (Å²) in [5, 5.41) is 0. The van der Waals surface area contributed by atoms with Gasteiger partial charge in [0.15, 0.2) is 0 Å². The largest absolute Gasteiger partial charge is 0.573 e. The molecule has 1 saturated heterocycles. The van der Waals surface area contributed by atoms with E-state index in [0.29, 0.717) is 5.56 Å². The van der Waals surface area contributed by atoms with Gasteiger partial charge in [-0.15, -0.1) is 13.2 Å². The molecule has 1 aliphatic heterocycles. The Morgan fingerprint density at radius 2 is 1.57 bits per heavy atom. The molecule has 0 saturated carbocycles. The molecule has 7 heteroatoms. The third-order valence-corrected chi connectivity index (χ3v) is 3.89. The van der Waals surface area contributed by atoms with E-state index in [2.05, 4.69) is 4.74 Å². The van der Waals surface area contributed by atoms with Gasteiger partial charge in [-0.2, -0.15) is 0 Å². The molecular weight excluding hydrogens is 284 g/mol. The van der Waals surface area contributed by atoms with Crippen LogP contribution in [-0.4, -0.2) is 24.7 Å². The van der Waals surface area contributed by atoms with E-state index in [1.165, 1.54) is 12.1 Å². The Morgan fingerprint density at radius 3 is 2.10 bits per heavy atom. The van der Waals surface area contributed by atoms with Crippen LogP contribution in [0, 0.1) is 0 Å². The van der Waals surface area contributed by atoms with Crippen molar-refractivity contribution in [3.63, 3.8) is 0 Å². The molecule has 3 nitrogen and oxygen atoms in total. The summed E-state index contributed by atoms with van der Waals surface area (Å²) in [4.78, 5) is 0. The molecule has 1 aliphatic rings. The first-order valence-electron chi connectivity index (χ1n) is 6.69. The van der Waals surface area contributed by atoms with Crippen LogP contribution in [-0.2, 0) is 15.6 Å². The molecule has 116 valence electrons. The predicted molar refractivity (Wildman–Crippen MR) is 72.9 cm³/mol. The van der Waals surface area contributed by atoms with E-state index in [-0.39, 0.29) is 12.1 Å². The third kappa shape index (κ3) is 3.71. The van der Waals surface area contributed by atoms with Gasteiger partial charge in [-0.25, -0.2) is 0 Å². The number of rotatable bonds is 3. The Balaban J connectivity index is 2.15. The molecule has 1 heterocycles. The van der Waals surface area contributed by atoms with Crippen LogP contribution in [0.25, 0.3) is 0 Å². The van der Waals surface area contributed by atoms with Crippen molar-refractivity contribution in [2.45, 2.75) is 51.6 Å². The summed E-state index contributed by atoms with van der Waals surface area (Å²) >= 11 is 0. The maximum absolute atomic E-state index is 12.4. The zero-order chi connectivity index (χ0) is 15.9. The fourth-order valence-corrected chi connectivity index (χ4v) is 2.12. The first-order chi connectivity index (χ1) is 9.50. The van der Waals surface area contributed by atoms with Crippen molar-refractivity contribution in [2.24, 2.45) is 0 Å². The molecule has 0 radical (unpaired) electrons. The van der Waals surface area contributed by atoms with Crippen LogP contribution in [0.4, 0.5) is 13.2 Å². The highest BCUT2D eigenvalue weighted by Gasteiger charge is 2.51. The molecule has 0 amide bonds. The molecule has 2 rings (SSSR count). The molecule has 0 bridgehead atoms. The lowest BCUT2D eigenvalue weighted by molar-refractivity contribution is -0.274. The number of hydrogen-bond donors (Lipinski definition) is 0. The second kappa shape index (κ2) is 5.21. The molecule has 0 N–H and O–H groups in total. The van der Waals surface area contributed by atoms with Crippen LogP contribution >= 0.6 is 0 Å². The number of ether oxygens (including phenoxy) is 1. The summed E-state index contributed by atoms with van der Waals surface area (Å²) in [6, 6.07) is 6.01. The smallest absolute Gasteiger partial charge is 0.406 e. The minimum Gasteiger partial charge on any atom is -0.406 e.